The number of nitrogens with zero attached hydrogens (tertiary/aromatic N) is 2. The van der Waals surface area contributed by atoms with Gasteiger partial charge in [0, 0.05) is 36.9 Å². The predicted molar refractivity (Wildman–Crippen MR) is 107 cm³/mol. The Morgan fingerprint density at radius 1 is 1.28 bits per heavy atom. The lowest BCUT2D eigenvalue weighted by Gasteiger charge is -2.37. The Morgan fingerprint density at radius 3 is 2.72 bits per heavy atom. The summed E-state index contributed by atoms with van der Waals surface area (Å²) >= 11 is 12.9. The summed E-state index contributed by atoms with van der Waals surface area (Å²) in [6.45, 7) is 3.32. The molecule has 0 atom stereocenters. The first-order valence-electron chi connectivity index (χ1n) is 7.80. The minimum atomic E-state index is -0.355. The number of carbonyl (C=O) groups is 1. The van der Waals surface area contributed by atoms with Crippen LogP contribution in [0.15, 0.2) is 35.7 Å². The molecule has 0 unspecified atom stereocenters. The number of rotatable bonds is 3. The third-order valence-electron chi connectivity index (χ3n) is 4.02. The monoisotopic (exact) mass is 395 g/mol. The number of ether oxygens (including phenoxy) is 1. The molecule has 1 N–H and O–H groups in total. The van der Waals surface area contributed by atoms with E-state index in [-0.39, 0.29) is 5.97 Å². The predicted octanol–water partition coefficient (Wildman–Crippen LogP) is 3.71. The maximum atomic E-state index is 11.8. The first kappa shape index (κ1) is 18.0. The molecule has 0 saturated carbocycles. The fraction of sp³-hybridized carbons (Fsp3) is 0.294. The number of halogens is 1. The van der Waals surface area contributed by atoms with Crippen LogP contribution in [0, 0.1) is 0 Å². The van der Waals surface area contributed by atoms with Crippen molar-refractivity contribution in [3.05, 3.63) is 45.6 Å². The molecule has 0 amide bonds. The van der Waals surface area contributed by atoms with Crippen molar-refractivity contribution >= 4 is 57.6 Å². The first-order valence-corrected chi connectivity index (χ1v) is 9.47. The van der Waals surface area contributed by atoms with Crippen LogP contribution < -0.4 is 10.2 Å². The van der Waals surface area contributed by atoms with Gasteiger partial charge in [0.25, 0.3) is 0 Å². The van der Waals surface area contributed by atoms with E-state index >= 15 is 0 Å². The van der Waals surface area contributed by atoms with E-state index in [1.165, 1.54) is 18.4 Å². The molecule has 0 spiro atoms. The molecule has 1 aromatic heterocycles. The first-order chi connectivity index (χ1) is 12.1. The molecule has 3 rings (SSSR count). The summed E-state index contributed by atoms with van der Waals surface area (Å²) in [5.41, 5.74) is 1.82. The van der Waals surface area contributed by atoms with Gasteiger partial charge in [-0.3, -0.25) is 0 Å². The van der Waals surface area contributed by atoms with Crippen molar-refractivity contribution in [3.8, 4) is 0 Å². The Kier molecular flexibility index (Phi) is 5.78. The average molecular weight is 396 g/mol. The highest BCUT2D eigenvalue weighted by Crippen LogP contribution is 2.24. The summed E-state index contributed by atoms with van der Waals surface area (Å²) in [5, 5.41) is 6.37. The fourth-order valence-corrected chi connectivity index (χ4v) is 3.94. The van der Waals surface area contributed by atoms with E-state index in [9.17, 15) is 4.79 Å². The van der Waals surface area contributed by atoms with E-state index in [0.29, 0.717) is 15.7 Å². The zero-order valence-corrected chi connectivity index (χ0v) is 16.1. The standard InChI is InChI=1S/C17H18ClN3O2S2/c1-23-16(22)15-14(5-10-25-15)19-17(24)21-8-6-20(7-9-21)13-4-2-3-12(18)11-13/h2-5,10-11H,6-9H2,1H3,(H,19,24). The molecule has 0 radical (unpaired) electrons. The second-order valence-electron chi connectivity index (χ2n) is 5.54. The highest BCUT2D eigenvalue weighted by molar-refractivity contribution is 7.80. The molecule has 2 aromatic rings. The van der Waals surface area contributed by atoms with Crippen molar-refractivity contribution < 1.29 is 9.53 Å². The van der Waals surface area contributed by atoms with Gasteiger partial charge in [0.05, 0.1) is 12.8 Å². The number of methoxy groups -OCH3 is 1. The Morgan fingerprint density at radius 2 is 2.04 bits per heavy atom. The lowest BCUT2D eigenvalue weighted by molar-refractivity contribution is 0.0607. The van der Waals surface area contributed by atoms with E-state index in [2.05, 4.69) is 21.2 Å². The van der Waals surface area contributed by atoms with E-state index in [4.69, 9.17) is 28.6 Å². The summed E-state index contributed by atoms with van der Waals surface area (Å²) in [6, 6.07) is 9.71. The van der Waals surface area contributed by atoms with Crippen LogP contribution in [0.4, 0.5) is 11.4 Å². The van der Waals surface area contributed by atoms with E-state index in [1.54, 1.807) is 0 Å². The molecule has 5 nitrogen and oxygen atoms in total. The summed E-state index contributed by atoms with van der Waals surface area (Å²) in [5.74, 6) is -0.355. The Hall–Kier alpha value is -1.83. The number of nitrogens with one attached hydrogen (secondary N) is 1. The van der Waals surface area contributed by atoms with Gasteiger partial charge in [0.15, 0.2) is 5.11 Å². The zero-order chi connectivity index (χ0) is 17.8. The van der Waals surface area contributed by atoms with E-state index < -0.39 is 0 Å². The summed E-state index contributed by atoms with van der Waals surface area (Å²) < 4.78 is 4.79. The number of benzene rings is 1. The number of anilines is 2. The normalized spacial score (nSPS) is 14.3. The smallest absolute Gasteiger partial charge is 0.350 e. The van der Waals surface area contributed by atoms with Crippen molar-refractivity contribution in [2.24, 2.45) is 0 Å². The number of carbonyl (C=O) groups excluding carboxylic acids is 1. The van der Waals surface area contributed by atoms with Crippen LogP contribution >= 0.6 is 35.2 Å². The maximum Gasteiger partial charge on any atom is 0.350 e. The number of hydrogen-bond acceptors (Lipinski definition) is 5. The van der Waals surface area contributed by atoms with Crippen molar-refractivity contribution in [2.75, 3.05) is 43.5 Å². The van der Waals surface area contributed by atoms with E-state index in [1.807, 2.05) is 29.6 Å². The Balaban J connectivity index is 1.59. The molecule has 1 fully saturated rings. The van der Waals surface area contributed by atoms with Gasteiger partial charge < -0.3 is 19.9 Å². The maximum absolute atomic E-state index is 11.8. The van der Waals surface area contributed by atoms with Crippen LogP contribution in [-0.2, 0) is 4.74 Å². The molecule has 25 heavy (non-hydrogen) atoms. The number of thiophene rings is 1. The SMILES string of the molecule is COC(=O)c1sccc1NC(=S)N1CCN(c2cccc(Cl)c2)CC1. The van der Waals surface area contributed by atoms with Crippen molar-refractivity contribution in [3.63, 3.8) is 0 Å². The minimum absolute atomic E-state index is 0.355. The largest absolute Gasteiger partial charge is 0.465 e. The number of piperazine rings is 1. The van der Waals surface area contributed by atoms with Gasteiger partial charge in [0.2, 0.25) is 0 Å². The molecule has 1 aliphatic rings. The summed E-state index contributed by atoms with van der Waals surface area (Å²) in [7, 11) is 1.37. The van der Waals surface area contributed by atoms with E-state index in [0.717, 1.165) is 36.9 Å². The van der Waals surface area contributed by atoms with Crippen molar-refractivity contribution in [1.82, 2.24) is 4.90 Å². The second-order valence-corrected chi connectivity index (χ2v) is 7.28. The molecular weight excluding hydrogens is 378 g/mol. The van der Waals surface area contributed by atoms with Gasteiger partial charge in [-0.25, -0.2) is 4.79 Å². The van der Waals surface area contributed by atoms with Crippen LogP contribution in [-0.4, -0.2) is 49.3 Å². The van der Waals surface area contributed by atoms with Crippen molar-refractivity contribution in [1.29, 1.82) is 0 Å². The zero-order valence-electron chi connectivity index (χ0n) is 13.7. The van der Waals surface area contributed by atoms with Crippen LogP contribution in [0.25, 0.3) is 0 Å². The molecule has 2 heterocycles. The summed E-state index contributed by atoms with van der Waals surface area (Å²) in [6.07, 6.45) is 0. The van der Waals surface area contributed by atoms with Crippen LogP contribution in [0.2, 0.25) is 5.02 Å². The number of thiocarbonyl (C=S) groups is 1. The fourth-order valence-electron chi connectivity index (χ4n) is 2.69. The highest BCUT2D eigenvalue weighted by Gasteiger charge is 2.21. The molecule has 8 heteroatoms. The number of hydrogen-bond donors (Lipinski definition) is 1. The third-order valence-corrected chi connectivity index (χ3v) is 5.51. The Labute approximate surface area is 161 Å². The Bertz CT molecular complexity index is 773. The molecular formula is C17H18ClN3O2S2. The van der Waals surface area contributed by atoms with Gasteiger partial charge >= 0.3 is 5.97 Å². The molecule has 1 saturated heterocycles. The molecule has 0 aliphatic carbocycles. The summed E-state index contributed by atoms with van der Waals surface area (Å²) in [4.78, 5) is 16.7. The minimum Gasteiger partial charge on any atom is -0.465 e. The molecule has 132 valence electrons. The number of esters is 1. The lowest BCUT2D eigenvalue weighted by Crippen LogP contribution is -2.50. The second kappa shape index (κ2) is 8.03. The quantitative estimate of drug-likeness (QED) is 0.631. The van der Waals surface area contributed by atoms with Crippen LogP contribution in [0.3, 0.4) is 0 Å². The third kappa shape index (κ3) is 4.23. The lowest BCUT2D eigenvalue weighted by atomic mass is 10.2. The van der Waals surface area contributed by atoms with Gasteiger partial charge in [-0.15, -0.1) is 11.3 Å². The van der Waals surface area contributed by atoms with Gasteiger partial charge in [0.1, 0.15) is 4.88 Å². The van der Waals surface area contributed by atoms with Crippen LogP contribution in [0.1, 0.15) is 9.67 Å². The van der Waals surface area contributed by atoms with Gasteiger partial charge in [-0.2, -0.15) is 0 Å². The van der Waals surface area contributed by atoms with Gasteiger partial charge in [-0.1, -0.05) is 17.7 Å². The highest BCUT2D eigenvalue weighted by atomic mass is 35.5. The van der Waals surface area contributed by atoms with Gasteiger partial charge in [-0.05, 0) is 41.9 Å². The average Bonchev–Trinajstić information content (AvgIpc) is 3.09. The topological polar surface area (TPSA) is 44.8 Å². The molecule has 0 bridgehead atoms. The van der Waals surface area contributed by atoms with Crippen molar-refractivity contribution in [2.45, 2.75) is 0 Å². The van der Waals surface area contributed by atoms with Crippen LogP contribution in [0.5, 0.6) is 0 Å². The molecule has 1 aromatic carbocycles. The molecule has 1 aliphatic heterocycles.